The average molecular weight is 564 g/mol. The molecule has 214 valence electrons. The number of nitriles is 1. The lowest BCUT2D eigenvalue weighted by Crippen LogP contribution is -2.62. The number of carbonyl (C=O) groups excluding carboxylic acids is 2. The molecule has 0 spiro atoms. The third-order valence-electron chi connectivity index (χ3n) is 8.36. The van der Waals surface area contributed by atoms with Gasteiger partial charge in [0.15, 0.2) is 5.76 Å². The molecule has 3 aromatic rings. The van der Waals surface area contributed by atoms with Crippen molar-refractivity contribution in [3.63, 3.8) is 0 Å². The van der Waals surface area contributed by atoms with Gasteiger partial charge in [0.1, 0.15) is 22.4 Å². The second-order valence-corrected chi connectivity index (χ2v) is 12.0. The topological polar surface area (TPSA) is 114 Å². The van der Waals surface area contributed by atoms with Crippen molar-refractivity contribution in [3.8, 4) is 22.9 Å². The van der Waals surface area contributed by atoms with Crippen molar-refractivity contribution in [1.29, 1.82) is 5.26 Å². The van der Waals surface area contributed by atoms with Crippen molar-refractivity contribution in [2.45, 2.75) is 62.4 Å². The largest absolute Gasteiger partial charge is 0.493 e. The Morgan fingerprint density at radius 2 is 1.63 bits per heavy atom. The summed E-state index contributed by atoms with van der Waals surface area (Å²) < 4.78 is 45.1. The Kier molecular flexibility index (Phi) is 6.53. The summed E-state index contributed by atoms with van der Waals surface area (Å²) in [6.45, 7) is 4.10. The summed E-state index contributed by atoms with van der Waals surface area (Å²) in [5, 5.41) is 15.5. The molecule has 3 fully saturated rings. The van der Waals surface area contributed by atoms with Gasteiger partial charge in [-0.3, -0.25) is 9.59 Å². The number of rotatable bonds is 8. The molecular weight excluding hydrogens is 532 g/mol. The van der Waals surface area contributed by atoms with Gasteiger partial charge >= 0.3 is 0 Å². The van der Waals surface area contributed by atoms with E-state index in [4.69, 9.17) is 13.9 Å². The smallest absolute Gasteiger partial charge is 0.287 e. The minimum atomic E-state index is -2.91. The van der Waals surface area contributed by atoms with Crippen LogP contribution in [0.15, 0.2) is 52.9 Å². The molecule has 0 bridgehead atoms. The van der Waals surface area contributed by atoms with E-state index in [0.717, 1.165) is 16.9 Å². The number of halogens is 2. The van der Waals surface area contributed by atoms with Crippen LogP contribution in [0, 0.1) is 16.7 Å². The first kappa shape index (κ1) is 27.2. The minimum Gasteiger partial charge on any atom is -0.493 e. The minimum absolute atomic E-state index is 0.0275. The molecule has 2 amide bonds. The summed E-state index contributed by atoms with van der Waals surface area (Å²) in [5.41, 5.74) is -0.206. The molecule has 0 unspecified atom stereocenters. The summed E-state index contributed by atoms with van der Waals surface area (Å²) in [5.74, 6) is -3.45. The lowest BCUT2D eigenvalue weighted by Gasteiger charge is -2.39. The van der Waals surface area contributed by atoms with Crippen LogP contribution in [-0.4, -0.2) is 48.6 Å². The van der Waals surface area contributed by atoms with Gasteiger partial charge in [-0.1, -0.05) is 31.2 Å². The Balaban J connectivity index is 1.18. The second kappa shape index (κ2) is 9.84. The van der Waals surface area contributed by atoms with Gasteiger partial charge in [-0.05, 0) is 61.1 Å². The predicted octanol–water partition coefficient (Wildman–Crippen LogP) is 5.37. The normalized spacial score (nSPS) is 21.2. The fraction of sp³-hybridized carbons (Fsp3) is 0.452. The van der Waals surface area contributed by atoms with Gasteiger partial charge in [0.2, 0.25) is 11.8 Å². The van der Waals surface area contributed by atoms with Crippen molar-refractivity contribution < 1.29 is 32.3 Å². The lowest BCUT2D eigenvalue weighted by atomic mass is 9.78. The third-order valence-corrected chi connectivity index (χ3v) is 8.36. The van der Waals surface area contributed by atoms with E-state index in [2.05, 4.69) is 23.6 Å². The van der Waals surface area contributed by atoms with Gasteiger partial charge < -0.3 is 24.5 Å². The van der Waals surface area contributed by atoms with Gasteiger partial charge in [-0.15, -0.1) is 0 Å². The highest BCUT2D eigenvalue weighted by molar-refractivity contribution is 6.00. The number of nitrogens with one attached hydrogen (secondary N) is 2. The highest BCUT2D eigenvalue weighted by Gasteiger charge is 2.53. The van der Waals surface area contributed by atoms with Gasteiger partial charge in [-0.2, -0.15) is 5.26 Å². The maximum absolute atomic E-state index is 14.0. The number of amides is 2. The number of nitrogens with zero attached hydrogens (tertiary/aromatic N) is 1. The summed E-state index contributed by atoms with van der Waals surface area (Å²) in [6, 6.07) is 16.9. The molecule has 10 heteroatoms. The zero-order valence-electron chi connectivity index (χ0n) is 22.7. The first-order chi connectivity index (χ1) is 19.5. The van der Waals surface area contributed by atoms with Gasteiger partial charge in [0, 0.05) is 23.6 Å². The number of hydrogen-bond acceptors (Lipinski definition) is 6. The van der Waals surface area contributed by atoms with E-state index in [1.807, 2.05) is 42.5 Å². The van der Waals surface area contributed by atoms with E-state index < -0.39 is 41.7 Å². The molecule has 2 aliphatic carbocycles. The molecule has 2 aromatic carbocycles. The fourth-order valence-corrected chi connectivity index (χ4v) is 5.31. The molecule has 2 N–H and O–H groups in total. The van der Waals surface area contributed by atoms with Crippen molar-refractivity contribution in [1.82, 2.24) is 10.6 Å². The average Bonchev–Trinajstić information content (AvgIpc) is 3.59. The Morgan fingerprint density at radius 1 is 0.951 bits per heavy atom. The molecule has 0 radical (unpaired) electrons. The van der Waals surface area contributed by atoms with E-state index in [-0.39, 0.29) is 24.0 Å². The second-order valence-electron chi connectivity index (χ2n) is 12.0. The number of alkyl halides is 2. The monoisotopic (exact) mass is 563 g/mol. The van der Waals surface area contributed by atoms with Crippen LogP contribution in [0.2, 0.25) is 0 Å². The zero-order chi connectivity index (χ0) is 28.9. The van der Waals surface area contributed by atoms with Crippen molar-refractivity contribution >= 4 is 22.8 Å². The molecule has 1 saturated heterocycles. The van der Waals surface area contributed by atoms with Crippen LogP contribution in [0.1, 0.15) is 56.0 Å². The van der Waals surface area contributed by atoms with Crippen molar-refractivity contribution in [2.24, 2.45) is 5.41 Å². The number of carbonyl (C=O) groups is 2. The van der Waals surface area contributed by atoms with Crippen LogP contribution in [0.5, 0.6) is 5.75 Å². The number of ether oxygens (including phenoxy) is 2. The Hall–Kier alpha value is -3.97. The predicted molar refractivity (Wildman–Crippen MR) is 145 cm³/mol. The van der Waals surface area contributed by atoms with E-state index in [0.29, 0.717) is 43.6 Å². The Bertz CT molecular complexity index is 1520. The van der Waals surface area contributed by atoms with E-state index >= 15 is 0 Å². The summed E-state index contributed by atoms with van der Waals surface area (Å²) >= 11 is 0. The highest BCUT2D eigenvalue weighted by Crippen LogP contribution is 2.41. The molecule has 41 heavy (non-hydrogen) atoms. The maximum Gasteiger partial charge on any atom is 0.287 e. The molecular formula is C31H31F2N3O5. The van der Waals surface area contributed by atoms with Crippen LogP contribution < -0.4 is 15.4 Å². The molecule has 2 saturated carbocycles. The highest BCUT2D eigenvalue weighted by atomic mass is 19.3. The quantitative estimate of drug-likeness (QED) is 0.381. The van der Waals surface area contributed by atoms with E-state index in [1.165, 1.54) is 0 Å². The van der Waals surface area contributed by atoms with Crippen LogP contribution in [0.25, 0.3) is 22.1 Å². The lowest BCUT2D eigenvalue weighted by molar-refractivity contribution is -0.133. The fourth-order valence-electron chi connectivity index (χ4n) is 5.31. The zero-order valence-corrected chi connectivity index (χ0v) is 22.7. The molecule has 1 aromatic heterocycles. The number of hydrogen-bond donors (Lipinski definition) is 2. The molecule has 0 atom stereocenters. The molecule has 8 nitrogen and oxygen atoms in total. The van der Waals surface area contributed by atoms with Crippen LogP contribution in [0.4, 0.5) is 8.78 Å². The number of furan rings is 1. The Morgan fingerprint density at radius 3 is 2.24 bits per heavy atom. The van der Waals surface area contributed by atoms with E-state index in [9.17, 15) is 23.6 Å². The molecule has 2 heterocycles. The molecule has 6 rings (SSSR count). The van der Waals surface area contributed by atoms with Crippen LogP contribution in [0.3, 0.4) is 0 Å². The van der Waals surface area contributed by atoms with E-state index in [1.54, 1.807) is 6.07 Å². The summed E-state index contributed by atoms with van der Waals surface area (Å²) in [4.78, 5) is 26.5. The first-order valence-electron chi connectivity index (χ1n) is 13.8. The van der Waals surface area contributed by atoms with Crippen molar-refractivity contribution in [3.05, 3.63) is 54.3 Å². The van der Waals surface area contributed by atoms with Crippen LogP contribution in [-0.2, 0) is 9.53 Å². The van der Waals surface area contributed by atoms with Crippen LogP contribution >= 0.6 is 0 Å². The SMILES string of the molecule is CC1(COc2ccc(-c3ccc4cc(C(=O)NC5(C(=O)NC6(C#N)CC6)CCC(F)(F)CC5)oc4c3)cc2)COC1. The summed E-state index contributed by atoms with van der Waals surface area (Å²) in [6.07, 6.45) is -0.577. The van der Waals surface area contributed by atoms with Gasteiger partial charge in [0.05, 0.1) is 25.9 Å². The maximum atomic E-state index is 14.0. The molecule has 1 aliphatic heterocycles. The van der Waals surface area contributed by atoms with Crippen molar-refractivity contribution in [2.75, 3.05) is 19.8 Å². The third kappa shape index (κ3) is 5.51. The van der Waals surface area contributed by atoms with Gasteiger partial charge in [-0.25, -0.2) is 8.78 Å². The van der Waals surface area contributed by atoms with Gasteiger partial charge in [0.25, 0.3) is 5.91 Å². The number of fused-ring (bicyclic) bond motifs is 1. The first-order valence-corrected chi connectivity index (χ1v) is 13.8. The Labute approximate surface area is 236 Å². The standard InChI is InChI=1S/C31H31F2N3O5/c1-28(17-39-18-28)19-40-23-6-4-20(5-7-23)21-2-3-22-15-25(41-24(22)14-21)26(37)35-30(10-12-31(32,33)13-11-30)27(38)36-29(16-34)8-9-29/h2-7,14-15H,8-13,17-19H2,1H3,(H,35,37)(H,36,38). The number of benzene rings is 2. The summed E-state index contributed by atoms with van der Waals surface area (Å²) in [7, 11) is 0. The molecule has 3 aliphatic rings.